The zero-order chi connectivity index (χ0) is 18.5. The van der Waals surface area contributed by atoms with Gasteiger partial charge in [0.2, 0.25) is 0 Å². The van der Waals surface area contributed by atoms with Crippen LogP contribution in [0.5, 0.6) is 11.5 Å². The van der Waals surface area contributed by atoms with Gasteiger partial charge in [0.15, 0.2) is 0 Å². The number of halogens is 1. The van der Waals surface area contributed by atoms with E-state index in [1.54, 1.807) is 44.7 Å². The molecule has 6 nitrogen and oxygen atoms in total. The van der Waals surface area contributed by atoms with Crippen molar-refractivity contribution in [1.29, 1.82) is 0 Å². The number of anilines is 2. The van der Waals surface area contributed by atoms with Crippen molar-refractivity contribution in [1.82, 2.24) is 9.88 Å². The quantitative estimate of drug-likeness (QED) is 0.851. The molecule has 0 radical (unpaired) electrons. The number of nitrogens with zero attached hydrogens (tertiary/aromatic N) is 2. The van der Waals surface area contributed by atoms with Crippen LogP contribution in [0.1, 0.15) is 29.6 Å². The van der Waals surface area contributed by atoms with Crippen LogP contribution in [-0.4, -0.2) is 43.1 Å². The smallest absolute Gasteiger partial charge is 0.254 e. The molecule has 1 aromatic heterocycles. The molecule has 0 aliphatic carbocycles. The molecule has 1 aromatic carbocycles. The highest BCUT2D eigenvalue weighted by Crippen LogP contribution is 2.37. The second kappa shape index (κ2) is 8.27. The maximum atomic E-state index is 12.7. The maximum absolute atomic E-state index is 12.7. The number of hydrogen-bond acceptors (Lipinski definition) is 5. The van der Waals surface area contributed by atoms with E-state index in [-0.39, 0.29) is 5.91 Å². The molecule has 1 N–H and O–H groups in total. The molecule has 1 aliphatic heterocycles. The Bertz CT molecular complexity index is 792. The summed E-state index contributed by atoms with van der Waals surface area (Å²) in [7, 11) is 3.11. The number of rotatable bonds is 5. The summed E-state index contributed by atoms with van der Waals surface area (Å²) < 4.78 is 10.6. The Balaban J connectivity index is 1.84. The van der Waals surface area contributed by atoms with Gasteiger partial charge in [-0.2, -0.15) is 0 Å². The van der Waals surface area contributed by atoms with Crippen LogP contribution in [0.3, 0.4) is 0 Å². The van der Waals surface area contributed by atoms with E-state index >= 15 is 0 Å². The van der Waals surface area contributed by atoms with Gasteiger partial charge in [-0.15, -0.1) is 0 Å². The van der Waals surface area contributed by atoms with E-state index in [2.05, 4.69) is 10.3 Å². The molecule has 2 aromatic rings. The van der Waals surface area contributed by atoms with Gasteiger partial charge in [-0.05, 0) is 31.4 Å². The summed E-state index contributed by atoms with van der Waals surface area (Å²) >= 11 is 6.14. The fourth-order valence-corrected chi connectivity index (χ4v) is 3.24. The van der Waals surface area contributed by atoms with Gasteiger partial charge in [0.05, 0.1) is 24.9 Å². The summed E-state index contributed by atoms with van der Waals surface area (Å²) in [6.07, 6.45) is 4.93. The predicted molar refractivity (Wildman–Crippen MR) is 102 cm³/mol. The highest BCUT2D eigenvalue weighted by atomic mass is 35.5. The lowest BCUT2D eigenvalue weighted by atomic mass is 10.1. The number of nitrogens with one attached hydrogen (secondary N) is 1. The summed E-state index contributed by atoms with van der Waals surface area (Å²) in [4.78, 5) is 18.9. The summed E-state index contributed by atoms with van der Waals surface area (Å²) in [5, 5.41) is 3.63. The van der Waals surface area contributed by atoms with E-state index < -0.39 is 0 Å². The van der Waals surface area contributed by atoms with E-state index in [9.17, 15) is 4.79 Å². The third kappa shape index (κ3) is 4.02. The highest BCUT2D eigenvalue weighted by molar-refractivity contribution is 6.32. The summed E-state index contributed by atoms with van der Waals surface area (Å²) in [5.41, 5.74) is 1.27. The molecule has 0 bridgehead atoms. The molecule has 2 heterocycles. The lowest BCUT2D eigenvalue weighted by Gasteiger charge is -2.26. The lowest BCUT2D eigenvalue weighted by Crippen LogP contribution is -2.35. The number of piperidine rings is 1. The Hall–Kier alpha value is -2.47. The van der Waals surface area contributed by atoms with E-state index in [0.29, 0.717) is 33.6 Å². The fourth-order valence-electron chi connectivity index (χ4n) is 3.01. The molecule has 1 amide bonds. The zero-order valence-electron chi connectivity index (χ0n) is 14.9. The average Bonchev–Trinajstić information content (AvgIpc) is 2.69. The topological polar surface area (TPSA) is 63.7 Å². The number of aromatic nitrogens is 1. The molecule has 7 heteroatoms. The van der Waals surface area contributed by atoms with Crippen molar-refractivity contribution in [3.63, 3.8) is 0 Å². The predicted octanol–water partition coefficient (Wildman–Crippen LogP) is 4.12. The number of likely N-dealkylation sites (tertiary alicyclic amines) is 1. The molecule has 0 spiro atoms. The van der Waals surface area contributed by atoms with Crippen molar-refractivity contribution in [3.8, 4) is 11.5 Å². The third-order valence-corrected chi connectivity index (χ3v) is 4.68. The Morgan fingerprint density at radius 1 is 1.12 bits per heavy atom. The van der Waals surface area contributed by atoms with Crippen LogP contribution in [-0.2, 0) is 0 Å². The van der Waals surface area contributed by atoms with Gasteiger partial charge in [0.25, 0.3) is 5.91 Å². The van der Waals surface area contributed by atoms with Crippen molar-refractivity contribution in [3.05, 3.63) is 41.0 Å². The first-order valence-electron chi connectivity index (χ1n) is 8.56. The second-order valence-electron chi connectivity index (χ2n) is 6.09. The Kier molecular flexibility index (Phi) is 5.83. The summed E-state index contributed by atoms with van der Waals surface area (Å²) in [6.45, 7) is 1.62. The number of carbonyl (C=O) groups excluding carboxylic acids is 1. The SMILES string of the molecule is COc1cc(Nc2cc(C(=O)N3CCCCC3)ccn2)c(OC)cc1Cl. The molecular formula is C19H22ClN3O3. The van der Waals surface area contributed by atoms with Crippen LogP contribution >= 0.6 is 11.6 Å². The minimum Gasteiger partial charge on any atom is -0.495 e. The van der Waals surface area contributed by atoms with Crippen LogP contribution in [0.2, 0.25) is 5.02 Å². The largest absolute Gasteiger partial charge is 0.495 e. The Labute approximate surface area is 158 Å². The molecule has 1 aliphatic rings. The number of carbonyl (C=O) groups is 1. The van der Waals surface area contributed by atoms with Gasteiger partial charge in [-0.25, -0.2) is 4.98 Å². The first kappa shape index (κ1) is 18.3. The monoisotopic (exact) mass is 375 g/mol. The molecule has 0 atom stereocenters. The van der Waals surface area contributed by atoms with Crippen molar-refractivity contribution in [2.45, 2.75) is 19.3 Å². The van der Waals surface area contributed by atoms with Crippen molar-refractivity contribution >= 4 is 29.0 Å². The molecule has 1 fully saturated rings. The molecule has 26 heavy (non-hydrogen) atoms. The van der Waals surface area contributed by atoms with E-state index in [0.717, 1.165) is 25.9 Å². The Morgan fingerprint density at radius 2 is 1.85 bits per heavy atom. The van der Waals surface area contributed by atoms with Gasteiger partial charge < -0.3 is 19.7 Å². The molecule has 0 unspecified atom stereocenters. The van der Waals surface area contributed by atoms with Crippen LogP contribution in [0.4, 0.5) is 11.5 Å². The number of amides is 1. The average molecular weight is 376 g/mol. The van der Waals surface area contributed by atoms with Gasteiger partial charge in [-0.1, -0.05) is 11.6 Å². The van der Waals surface area contributed by atoms with Crippen molar-refractivity contribution in [2.24, 2.45) is 0 Å². The third-order valence-electron chi connectivity index (χ3n) is 4.39. The van der Waals surface area contributed by atoms with Gasteiger partial charge in [-0.3, -0.25) is 4.79 Å². The van der Waals surface area contributed by atoms with Crippen LogP contribution in [0.25, 0.3) is 0 Å². The van der Waals surface area contributed by atoms with E-state index in [1.165, 1.54) is 6.42 Å². The number of hydrogen-bond donors (Lipinski definition) is 1. The van der Waals surface area contributed by atoms with Gasteiger partial charge in [0, 0.05) is 37.0 Å². The fraction of sp³-hybridized carbons (Fsp3) is 0.368. The number of ether oxygens (including phenoxy) is 2. The van der Waals surface area contributed by atoms with E-state index in [4.69, 9.17) is 21.1 Å². The molecule has 0 saturated carbocycles. The minimum absolute atomic E-state index is 0.0378. The zero-order valence-corrected chi connectivity index (χ0v) is 15.7. The Morgan fingerprint density at radius 3 is 2.54 bits per heavy atom. The van der Waals surface area contributed by atoms with Crippen LogP contribution in [0.15, 0.2) is 30.5 Å². The minimum atomic E-state index is 0.0378. The van der Waals surface area contributed by atoms with Crippen molar-refractivity contribution < 1.29 is 14.3 Å². The molecular weight excluding hydrogens is 354 g/mol. The standard InChI is InChI=1S/C19H22ClN3O3/c1-25-16-12-15(17(26-2)11-14(16)20)22-18-10-13(6-7-21-18)19(24)23-8-4-3-5-9-23/h6-7,10-12H,3-5,8-9H2,1-2H3,(H,21,22). The molecule has 1 saturated heterocycles. The first-order valence-corrected chi connectivity index (χ1v) is 8.94. The highest BCUT2D eigenvalue weighted by Gasteiger charge is 2.19. The van der Waals surface area contributed by atoms with Gasteiger partial charge >= 0.3 is 0 Å². The van der Waals surface area contributed by atoms with Crippen molar-refractivity contribution in [2.75, 3.05) is 32.6 Å². The molecule has 138 valence electrons. The molecule has 3 rings (SSSR count). The van der Waals surface area contributed by atoms with Crippen LogP contribution in [0, 0.1) is 0 Å². The van der Waals surface area contributed by atoms with E-state index in [1.807, 2.05) is 4.90 Å². The second-order valence-corrected chi connectivity index (χ2v) is 6.50. The number of pyridine rings is 1. The lowest BCUT2D eigenvalue weighted by molar-refractivity contribution is 0.0724. The van der Waals surface area contributed by atoms with Gasteiger partial charge in [0.1, 0.15) is 17.3 Å². The number of benzene rings is 1. The van der Waals surface area contributed by atoms with Crippen LogP contribution < -0.4 is 14.8 Å². The number of methoxy groups -OCH3 is 2. The first-order chi connectivity index (χ1) is 12.6. The maximum Gasteiger partial charge on any atom is 0.254 e. The summed E-state index contributed by atoms with van der Waals surface area (Å²) in [6, 6.07) is 6.90. The summed E-state index contributed by atoms with van der Waals surface area (Å²) in [5.74, 6) is 1.67. The normalized spacial score (nSPS) is 14.0.